The number of benzene rings is 3. The van der Waals surface area contributed by atoms with E-state index in [2.05, 4.69) is 5.32 Å². The highest BCUT2D eigenvalue weighted by molar-refractivity contribution is 7.89. The van der Waals surface area contributed by atoms with Crippen molar-refractivity contribution in [1.29, 1.82) is 0 Å². The number of carbonyl (C=O) groups is 1. The van der Waals surface area contributed by atoms with E-state index in [0.717, 1.165) is 16.7 Å². The van der Waals surface area contributed by atoms with Crippen LogP contribution >= 0.6 is 0 Å². The molecule has 0 radical (unpaired) electrons. The van der Waals surface area contributed by atoms with Crippen molar-refractivity contribution in [3.8, 4) is 0 Å². The molecule has 5 nitrogen and oxygen atoms in total. The van der Waals surface area contributed by atoms with Crippen molar-refractivity contribution in [2.24, 2.45) is 0 Å². The third kappa shape index (κ3) is 4.13. The topological polar surface area (TPSA) is 66.5 Å². The molecule has 0 saturated carbocycles. The summed E-state index contributed by atoms with van der Waals surface area (Å²) in [6.07, 6.45) is 0.604. The van der Waals surface area contributed by atoms with Crippen LogP contribution in [0.4, 0.5) is 10.1 Å². The van der Waals surface area contributed by atoms with Crippen molar-refractivity contribution in [3.05, 3.63) is 94.8 Å². The van der Waals surface area contributed by atoms with E-state index in [4.69, 9.17) is 0 Å². The van der Waals surface area contributed by atoms with Crippen LogP contribution in [0.15, 0.2) is 71.6 Å². The number of anilines is 1. The molecule has 0 aromatic heterocycles. The molecule has 0 fully saturated rings. The summed E-state index contributed by atoms with van der Waals surface area (Å²) in [6.45, 7) is 2.56. The number of hydrogen-bond donors (Lipinski definition) is 1. The van der Waals surface area contributed by atoms with Gasteiger partial charge in [-0.05, 0) is 73.0 Å². The van der Waals surface area contributed by atoms with E-state index < -0.39 is 15.8 Å². The SMILES string of the molecule is Cc1ccc(S(=O)(=O)N2CCc3ccc(NC(=O)c4ccc(F)cc4)cc3C2)cc1. The Labute approximate surface area is 175 Å². The molecule has 1 amide bonds. The largest absolute Gasteiger partial charge is 0.322 e. The van der Waals surface area contributed by atoms with Gasteiger partial charge in [-0.2, -0.15) is 4.31 Å². The molecule has 154 valence electrons. The fourth-order valence-corrected chi connectivity index (χ4v) is 4.90. The number of hydrogen-bond acceptors (Lipinski definition) is 3. The van der Waals surface area contributed by atoms with Gasteiger partial charge in [0, 0.05) is 24.3 Å². The molecule has 1 aliphatic rings. The highest BCUT2D eigenvalue weighted by Crippen LogP contribution is 2.27. The third-order valence-corrected chi connectivity index (χ3v) is 7.07. The lowest BCUT2D eigenvalue weighted by atomic mass is 10.0. The standard InChI is InChI=1S/C23H21FN2O3S/c1-16-2-10-22(11-3-16)30(28,29)26-13-12-17-6-9-21(14-19(17)15-26)25-23(27)18-4-7-20(24)8-5-18/h2-11,14H,12-13,15H2,1H3,(H,25,27). The first-order valence-corrected chi connectivity index (χ1v) is 11.0. The number of nitrogens with zero attached hydrogens (tertiary/aromatic N) is 1. The summed E-state index contributed by atoms with van der Waals surface area (Å²) in [5.41, 5.74) is 3.83. The summed E-state index contributed by atoms with van der Waals surface area (Å²) in [5, 5.41) is 2.79. The van der Waals surface area contributed by atoms with Crippen LogP contribution in [0.25, 0.3) is 0 Å². The number of halogens is 1. The molecule has 0 bridgehead atoms. The van der Waals surface area contributed by atoms with Gasteiger partial charge in [0.2, 0.25) is 10.0 Å². The minimum Gasteiger partial charge on any atom is -0.322 e. The predicted molar refractivity (Wildman–Crippen MR) is 113 cm³/mol. The summed E-state index contributed by atoms with van der Waals surface area (Å²) < 4.78 is 40.5. The zero-order chi connectivity index (χ0) is 21.3. The maximum Gasteiger partial charge on any atom is 0.255 e. The molecule has 0 saturated heterocycles. The molecule has 4 rings (SSSR count). The van der Waals surface area contributed by atoms with E-state index in [-0.39, 0.29) is 17.3 Å². The molecule has 1 N–H and O–H groups in total. The van der Waals surface area contributed by atoms with Crippen molar-refractivity contribution in [1.82, 2.24) is 4.31 Å². The highest BCUT2D eigenvalue weighted by atomic mass is 32.2. The van der Waals surface area contributed by atoms with Gasteiger partial charge >= 0.3 is 0 Å². The van der Waals surface area contributed by atoms with Crippen molar-refractivity contribution in [2.75, 3.05) is 11.9 Å². The number of fused-ring (bicyclic) bond motifs is 1. The van der Waals surface area contributed by atoms with Crippen LogP contribution in [0.2, 0.25) is 0 Å². The lowest BCUT2D eigenvalue weighted by Gasteiger charge is -2.28. The number of amides is 1. The summed E-state index contributed by atoms with van der Waals surface area (Å²) in [7, 11) is -3.59. The molecular formula is C23H21FN2O3S. The summed E-state index contributed by atoms with van der Waals surface area (Å²) in [5.74, 6) is -0.759. The smallest absolute Gasteiger partial charge is 0.255 e. The average Bonchev–Trinajstić information content (AvgIpc) is 2.74. The lowest BCUT2D eigenvalue weighted by molar-refractivity contribution is 0.102. The van der Waals surface area contributed by atoms with Crippen LogP contribution in [0.3, 0.4) is 0 Å². The summed E-state index contributed by atoms with van der Waals surface area (Å²) in [4.78, 5) is 12.7. The fraction of sp³-hybridized carbons (Fsp3) is 0.174. The van der Waals surface area contributed by atoms with Gasteiger partial charge < -0.3 is 5.32 Å². The Morgan fingerprint density at radius 3 is 2.37 bits per heavy atom. The quantitative estimate of drug-likeness (QED) is 0.685. The van der Waals surface area contributed by atoms with E-state index in [1.54, 1.807) is 36.4 Å². The van der Waals surface area contributed by atoms with Gasteiger partial charge in [-0.25, -0.2) is 12.8 Å². The maximum absolute atomic E-state index is 13.1. The van der Waals surface area contributed by atoms with Gasteiger partial charge in [0.15, 0.2) is 0 Å². The van der Waals surface area contributed by atoms with Crippen molar-refractivity contribution in [3.63, 3.8) is 0 Å². The van der Waals surface area contributed by atoms with Crippen molar-refractivity contribution < 1.29 is 17.6 Å². The van der Waals surface area contributed by atoms with E-state index in [9.17, 15) is 17.6 Å². The highest BCUT2D eigenvalue weighted by Gasteiger charge is 2.28. The molecule has 3 aromatic carbocycles. The zero-order valence-electron chi connectivity index (χ0n) is 16.4. The van der Waals surface area contributed by atoms with Gasteiger partial charge in [-0.15, -0.1) is 0 Å². The molecular weight excluding hydrogens is 403 g/mol. The van der Waals surface area contributed by atoms with Crippen LogP contribution in [0, 0.1) is 12.7 Å². The molecule has 0 spiro atoms. The van der Waals surface area contributed by atoms with Gasteiger partial charge in [0.05, 0.1) is 4.90 Å². The van der Waals surface area contributed by atoms with Crippen LogP contribution in [-0.4, -0.2) is 25.2 Å². The van der Waals surface area contributed by atoms with Crippen molar-refractivity contribution in [2.45, 2.75) is 24.8 Å². The van der Waals surface area contributed by atoms with Crippen molar-refractivity contribution >= 4 is 21.6 Å². The summed E-state index contributed by atoms with van der Waals surface area (Å²) >= 11 is 0. The Morgan fingerprint density at radius 1 is 0.967 bits per heavy atom. The molecule has 1 aliphatic heterocycles. The Bertz CT molecular complexity index is 1190. The number of nitrogens with one attached hydrogen (secondary N) is 1. The lowest BCUT2D eigenvalue weighted by Crippen LogP contribution is -2.36. The third-order valence-electron chi connectivity index (χ3n) is 5.21. The van der Waals surface area contributed by atoms with Crippen LogP contribution in [0.5, 0.6) is 0 Å². The Kier molecular flexibility index (Phi) is 5.40. The van der Waals surface area contributed by atoms with Gasteiger partial charge in [0.1, 0.15) is 5.82 Å². The summed E-state index contributed by atoms with van der Waals surface area (Å²) in [6, 6.07) is 17.6. The fourth-order valence-electron chi connectivity index (χ4n) is 3.48. The van der Waals surface area contributed by atoms with Gasteiger partial charge in [-0.3, -0.25) is 4.79 Å². The average molecular weight is 424 g/mol. The molecule has 0 aliphatic carbocycles. The Balaban J connectivity index is 1.54. The minimum atomic E-state index is -3.59. The number of rotatable bonds is 4. The molecule has 0 atom stereocenters. The molecule has 7 heteroatoms. The molecule has 0 unspecified atom stereocenters. The van der Waals surface area contributed by atoms with E-state index in [1.165, 1.54) is 28.6 Å². The zero-order valence-corrected chi connectivity index (χ0v) is 17.2. The second-order valence-electron chi connectivity index (χ2n) is 7.35. The van der Waals surface area contributed by atoms with Gasteiger partial charge in [0.25, 0.3) is 5.91 Å². The monoisotopic (exact) mass is 424 g/mol. The minimum absolute atomic E-state index is 0.242. The molecule has 30 heavy (non-hydrogen) atoms. The predicted octanol–water partition coefficient (Wildman–Crippen LogP) is 4.13. The van der Waals surface area contributed by atoms with E-state index >= 15 is 0 Å². The Hall–Kier alpha value is -3.03. The number of sulfonamides is 1. The molecule has 1 heterocycles. The maximum atomic E-state index is 13.1. The normalized spacial score (nSPS) is 14.2. The first-order chi connectivity index (χ1) is 14.3. The van der Waals surface area contributed by atoms with Gasteiger partial charge in [-0.1, -0.05) is 23.8 Å². The Morgan fingerprint density at radius 2 is 1.67 bits per heavy atom. The second kappa shape index (κ2) is 8.01. The number of aryl methyl sites for hydroxylation is 1. The second-order valence-corrected chi connectivity index (χ2v) is 9.28. The first-order valence-electron chi connectivity index (χ1n) is 9.58. The van der Waals surface area contributed by atoms with E-state index in [0.29, 0.717) is 24.2 Å². The number of carbonyl (C=O) groups excluding carboxylic acids is 1. The molecule has 3 aromatic rings. The van der Waals surface area contributed by atoms with Crippen LogP contribution in [-0.2, 0) is 23.0 Å². The van der Waals surface area contributed by atoms with Crippen LogP contribution < -0.4 is 5.32 Å². The first kappa shape index (κ1) is 20.3. The van der Waals surface area contributed by atoms with Crippen LogP contribution in [0.1, 0.15) is 27.0 Å². The van der Waals surface area contributed by atoms with E-state index in [1.807, 2.05) is 13.0 Å².